The second kappa shape index (κ2) is 8.72. The van der Waals surface area contributed by atoms with E-state index in [9.17, 15) is 0 Å². The first-order chi connectivity index (χ1) is 13.8. The standard InChI is InChI=1S/C24H45FN4/c1-20(2)15-23(7-8-23)16-26-9-5-22(6-10-26)29-18-24(25,19-29)17-27-11-13-28(14-12-27)21(3)4/h20-22H,5-19H2,1-4H3. The van der Waals surface area contributed by atoms with E-state index < -0.39 is 5.67 Å². The van der Waals surface area contributed by atoms with Gasteiger partial charge in [0.15, 0.2) is 0 Å². The average molecular weight is 409 g/mol. The van der Waals surface area contributed by atoms with E-state index in [2.05, 4.69) is 47.3 Å². The molecule has 0 bridgehead atoms. The number of nitrogens with zero attached hydrogens (tertiary/aromatic N) is 4. The third kappa shape index (κ3) is 5.53. The van der Waals surface area contributed by atoms with Crippen molar-refractivity contribution in [1.29, 1.82) is 0 Å². The number of alkyl halides is 1. The Kier molecular flexibility index (Phi) is 6.61. The Morgan fingerprint density at radius 1 is 0.828 bits per heavy atom. The van der Waals surface area contributed by atoms with Gasteiger partial charge in [0.2, 0.25) is 0 Å². The Balaban J connectivity index is 1.15. The molecule has 4 fully saturated rings. The Labute approximate surface area is 178 Å². The highest BCUT2D eigenvalue weighted by Gasteiger charge is 2.48. The molecule has 1 aliphatic carbocycles. The Hall–Kier alpha value is -0.230. The van der Waals surface area contributed by atoms with Crippen molar-refractivity contribution in [3.8, 4) is 0 Å². The minimum Gasteiger partial charge on any atom is -0.303 e. The summed E-state index contributed by atoms with van der Waals surface area (Å²) in [5, 5.41) is 0. The molecular weight excluding hydrogens is 363 g/mol. The third-order valence-electron chi connectivity index (χ3n) is 8.05. The summed E-state index contributed by atoms with van der Waals surface area (Å²) < 4.78 is 15.3. The predicted molar refractivity (Wildman–Crippen MR) is 119 cm³/mol. The molecule has 1 saturated carbocycles. The second-order valence-electron chi connectivity index (χ2n) is 11.6. The van der Waals surface area contributed by atoms with Crippen LogP contribution in [-0.2, 0) is 0 Å². The van der Waals surface area contributed by atoms with Gasteiger partial charge in [0.1, 0.15) is 5.67 Å². The van der Waals surface area contributed by atoms with Gasteiger partial charge in [-0.2, -0.15) is 0 Å². The van der Waals surface area contributed by atoms with Gasteiger partial charge in [0.25, 0.3) is 0 Å². The van der Waals surface area contributed by atoms with E-state index in [1.54, 1.807) is 0 Å². The number of likely N-dealkylation sites (tertiary alicyclic amines) is 2. The maximum Gasteiger partial charge on any atom is 0.148 e. The lowest BCUT2D eigenvalue weighted by Crippen LogP contribution is -2.68. The lowest BCUT2D eigenvalue weighted by molar-refractivity contribution is -0.0896. The zero-order valence-corrected chi connectivity index (χ0v) is 19.5. The monoisotopic (exact) mass is 408 g/mol. The Morgan fingerprint density at radius 2 is 1.41 bits per heavy atom. The quantitative estimate of drug-likeness (QED) is 0.611. The molecule has 0 atom stereocenters. The lowest BCUT2D eigenvalue weighted by atomic mass is 9.89. The third-order valence-corrected chi connectivity index (χ3v) is 8.05. The number of halogens is 1. The van der Waals surface area contributed by atoms with E-state index in [-0.39, 0.29) is 0 Å². The minimum absolute atomic E-state index is 0.613. The van der Waals surface area contributed by atoms with E-state index in [0.717, 1.165) is 32.1 Å². The SMILES string of the molecule is CC(C)CC1(CN2CCC(N3CC(F)(CN4CCN(C(C)C)CC4)C3)CC2)CC1. The molecule has 4 nitrogen and oxygen atoms in total. The van der Waals surface area contributed by atoms with Crippen molar-refractivity contribution >= 4 is 0 Å². The highest BCUT2D eigenvalue weighted by molar-refractivity contribution is 5.03. The summed E-state index contributed by atoms with van der Waals surface area (Å²) in [4.78, 5) is 10.0. The van der Waals surface area contributed by atoms with Crippen molar-refractivity contribution < 1.29 is 4.39 Å². The van der Waals surface area contributed by atoms with Crippen LogP contribution in [0.5, 0.6) is 0 Å². The average Bonchev–Trinajstić information content (AvgIpc) is 3.39. The first kappa shape index (κ1) is 22.0. The molecule has 3 aliphatic heterocycles. The normalized spacial score (nSPS) is 29.5. The van der Waals surface area contributed by atoms with Gasteiger partial charge < -0.3 is 4.90 Å². The fraction of sp³-hybridized carbons (Fsp3) is 1.00. The van der Waals surface area contributed by atoms with Crippen molar-refractivity contribution in [2.24, 2.45) is 11.3 Å². The summed E-state index contributed by atoms with van der Waals surface area (Å²) in [5.74, 6) is 0.821. The van der Waals surface area contributed by atoms with Crippen LogP contribution in [-0.4, -0.2) is 103 Å². The molecule has 4 aliphatic rings. The van der Waals surface area contributed by atoms with Crippen LogP contribution in [0.25, 0.3) is 0 Å². The first-order valence-corrected chi connectivity index (χ1v) is 12.4. The van der Waals surface area contributed by atoms with Crippen LogP contribution in [0.1, 0.15) is 59.8 Å². The molecule has 3 heterocycles. The first-order valence-electron chi connectivity index (χ1n) is 12.4. The summed E-state index contributed by atoms with van der Waals surface area (Å²) in [6, 6.07) is 1.23. The van der Waals surface area contributed by atoms with E-state index in [1.165, 1.54) is 51.7 Å². The predicted octanol–water partition coefficient (Wildman–Crippen LogP) is 3.33. The van der Waals surface area contributed by atoms with Crippen LogP contribution in [0, 0.1) is 11.3 Å². The molecular formula is C24H45FN4. The fourth-order valence-corrected chi connectivity index (χ4v) is 6.26. The van der Waals surface area contributed by atoms with Crippen molar-refractivity contribution in [3.05, 3.63) is 0 Å². The van der Waals surface area contributed by atoms with Crippen LogP contribution in [0.15, 0.2) is 0 Å². The molecule has 0 unspecified atom stereocenters. The Bertz CT molecular complexity index is 525. The smallest absolute Gasteiger partial charge is 0.148 e. The van der Waals surface area contributed by atoms with Gasteiger partial charge in [-0.15, -0.1) is 0 Å². The number of piperazine rings is 1. The Morgan fingerprint density at radius 3 is 1.93 bits per heavy atom. The highest BCUT2D eigenvalue weighted by Crippen LogP contribution is 2.51. The van der Waals surface area contributed by atoms with Gasteiger partial charge >= 0.3 is 0 Å². The molecule has 5 heteroatoms. The van der Waals surface area contributed by atoms with Crippen molar-refractivity contribution in [3.63, 3.8) is 0 Å². The molecule has 168 valence electrons. The summed E-state index contributed by atoms with van der Waals surface area (Å²) in [6.07, 6.45) is 6.75. The van der Waals surface area contributed by atoms with E-state index in [0.29, 0.717) is 37.1 Å². The van der Waals surface area contributed by atoms with Crippen LogP contribution >= 0.6 is 0 Å². The molecule has 0 N–H and O–H groups in total. The number of hydrogen-bond acceptors (Lipinski definition) is 4. The number of piperidine rings is 1. The van der Waals surface area contributed by atoms with Crippen molar-refractivity contribution in [1.82, 2.24) is 19.6 Å². The van der Waals surface area contributed by atoms with Gasteiger partial charge in [-0.25, -0.2) is 4.39 Å². The molecule has 29 heavy (non-hydrogen) atoms. The maximum absolute atomic E-state index is 15.3. The van der Waals surface area contributed by atoms with Gasteiger partial charge in [-0.1, -0.05) is 13.8 Å². The number of hydrogen-bond donors (Lipinski definition) is 0. The van der Waals surface area contributed by atoms with Crippen LogP contribution in [0.4, 0.5) is 4.39 Å². The minimum atomic E-state index is -0.966. The second-order valence-corrected chi connectivity index (χ2v) is 11.6. The molecule has 0 spiro atoms. The van der Waals surface area contributed by atoms with E-state index in [4.69, 9.17) is 0 Å². The van der Waals surface area contributed by atoms with E-state index in [1.807, 2.05) is 0 Å². The van der Waals surface area contributed by atoms with Gasteiger partial charge in [-0.05, 0) is 70.4 Å². The zero-order valence-electron chi connectivity index (χ0n) is 19.5. The lowest BCUT2D eigenvalue weighted by Gasteiger charge is -2.52. The topological polar surface area (TPSA) is 13.0 Å². The largest absolute Gasteiger partial charge is 0.303 e. The maximum atomic E-state index is 15.3. The van der Waals surface area contributed by atoms with Crippen LogP contribution < -0.4 is 0 Å². The summed E-state index contributed by atoms with van der Waals surface area (Å²) in [7, 11) is 0. The van der Waals surface area contributed by atoms with Crippen molar-refractivity contribution in [2.75, 3.05) is 65.4 Å². The van der Waals surface area contributed by atoms with Crippen LogP contribution in [0.3, 0.4) is 0 Å². The van der Waals surface area contributed by atoms with E-state index >= 15 is 4.39 Å². The number of rotatable bonds is 8. The molecule has 0 aromatic heterocycles. The molecule has 0 amide bonds. The zero-order chi connectivity index (χ0) is 20.6. The summed E-state index contributed by atoms with van der Waals surface area (Å²) >= 11 is 0. The van der Waals surface area contributed by atoms with Gasteiger partial charge in [0.05, 0.1) is 0 Å². The molecule has 0 radical (unpaired) electrons. The van der Waals surface area contributed by atoms with Gasteiger partial charge in [0, 0.05) is 64.4 Å². The van der Waals surface area contributed by atoms with Crippen molar-refractivity contribution in [2.45, 2.75) is 77.6 Å². The molecule has 4 rings (SSSR count). The molecule has 3 saturated heterocycles. The summed E-state index contributed by atoms with van der Waals surface area (Å²) in [6.45, 7) is 19.2. The van der Waals surface area contributed by atoms with Gasteiger partial charge in [-0.3, -0.25) is 14.7 Å². The molecule has 0 aromatic carbocycles. The fourth-order valence-electron chi connectivity index (χ4n) is 6.26. The summed E-state index contributed by atoms with van der Waals surface area (Å²) in [5.41, 5.74) is -0.322. The highest BCUT2D eigenvalue weighted by atomic mass is 19.1. The molecule has 0 aromatic rings. The van der Waals surface area contributed by atoms with Crippen LogP contribution in [0.2, 0.25) is 0 Å².